The van der Waals surface area contributed by atoms with Gasteiger partial charge in [0.2, 0.25) is 5.95 Å². The minimum atomic E-state index is -0.776. The van der Waals surface area contributed by atoms with Gasteiger partial charge in [-0.15, -0.1) is 0 Å². The van der Waals surface area contributed by atoms with Gasteiger partial charge in [0.1, 0.15) is 12.0 Å². The summed E-state index contributed by atoms with van der Waals surface area (Å²) in [7, 11) is 0. The molecule has 8 heteroatoms. The van der Waals surface area contributed by atoms with Crippen molar-refractivity contribution < 1.29 is 4.39 Å². The van der Waals surface area contributed by atoms with E-state index in [1.165, 1.54) is 0 Å². The smallest absolute Gasteiger partial charge is 0.221 e. The highest BCUT2D eigenvalue weighted by atomic mass is 19.1. The molecule has 0 radical (unpaired) electrons. The van der Waals surface area contributed by atoms with E-state index < -0.39 is 6.17 Å². The Labute approximate surface area is 160 Å². The van der Waals surface area contributed by atoms with Gasteiger partial charge in [-0.25, -0.2) is 9.37 Å². The average molecular weight is 377 g/mol. The fraction of sp³-hybridized carbons (Fsp3) is 0.250. The molecule has 0 bridgehead atoms. The zero-order valence-corrected chi connectivity index (χ0v) is 15.3. The number of hydrogen-bond acceptors (Lipinski definition) is 5. The number of alkyl halides is 1. The predicted octanol–water partition coefficient (Wildman–Crippen LogP) is 3.98. The minimum absolute atomic E-state index is 0.0412. The highest BCUT2D eigenvalue weighted by Crippen LogP contribution is 2.43. The lowest BCUT2D eigenvalue weighted by atomic mass is 9.93. The third kappa shape index (κ3) is 2.96. The van der Waals surface area contributed by atoms with Gasteiger partial charge in [-0.05, 0) is 35.6 Å². The summed E-state index contributed by atoms with van der Waals surface area (Å²) in [6.45, 7) is 2.10. The molecule has 1 unspecified atom stereocenters. The van der Waals surface area contributed by atoms with Gasteiger partial charge >= 0.3 is 0 Å². The molecule has 0 saturated heterocycles. The third-order valence-corrected chi connectivity index (χ3v) is 5.34. The van der Waals surface area contributed by atoms with Crippen LogP contribution < -0.4 is 11.1 Å². The minimum Gasteiger partial charge on any atom is -0.368 e. The number of fused-ring (bicyclic) bond motifs is 1. The molecule has 5 N–H and O–H groups in total. The van der Waals surface area contributed by atoms with E-state index in [-0.39, 0.29) is 17.8 Å². The zero-order chi connectivity index (χ0) is 19.3. The lowest BCUT2D eigenvalue weighted by Crippen LogP contribution is -2.07. The van der Waals surface area contributed by atoms with Crippen LogP contribution in [0.25, 0.3) is 10.9 Å². The number of halogens is 1. The first-order valence-corrected chi connectivity index (χ1v) is 9.24. The summed E-state index contributed by atoms with van der Waals surface area (Å²) in [5.74, 6) is 1.33. The fourth-order valence-electron chi connectivity index (χ4n) is 3.54. The molecular weight excluding hydrogens is 357 g/mol. The Kier molecular flexibility index (Phi) is 3.78. The van der Waals surface area contributed by atoms with Gasteiger partial charge in [-0.3, -0.25) is 5.10 Å². The lowest BCUT2D eigenvalue weighted by molar-refractivity contribution is 0.466. The van der Waals surface area contributed by atoms with Gasteiger partial charge in [0, 0.05) is 47.1 Å². The van der Waals surface area contributed by atoms with Crippen LogP contribution in [-0.4, -0.2) is 31.3 Å². The summed E-state index contributed by atoms with van der Waals surface area (Å²) in [5.41, 5.74) is 9.76. The van der Waals surface area contributed by atoms with Crippen LogP contribution in [0, 0.1) is 0 Å². The number of aromatic amines is 2. The summed E-state index contributed by atoms with van der Waals surface area (Å²) in [6.07, 6.45) is 3.44. The standard InChI is InChI=1S/C20H20FN7/c1-10(11-2-3-16-12(6-11)4-5-23-16)14-9-24-20(22)26-19(14)25-18-8-17(27-28-18)13-7-15(13)21/h2-6,8-10,13,15,23H,7H2,1H3,(H4,22,24,25,26,27,28)/t10?,13-,15+/m1/s1. The number of aromatic nitrogens is 5. The van der Waals surface area contributed by atoms with Crippen molar-refractivity contribution in [2.24, 2.45) is 0 Å². The van der Waals surface area contributed by atoms with Crippen LogP contribution >= 0.6 is 0 Å². The molecule has 1 aliphatic rings. The topological polar surface area (TPSA) is 108 Å². The molecule has 0 aliphatic heterocycles. The Morgan fingerprint density at radius 3 is 2.96 bits per heavy atom. The quantitative estimate of drug-likeness (QED) is 0.421. The number of anilines is 3. The third-order valence-electron chi connectivity index (χ3n) is 5.34. The van der Waals surface area contributed by atoms with Crippen LogP contribution in [0.2, 0.25) is 0 Å². The first kappa shape index (κ1) is 16.7. The Balaban J connectivity index is 1.46. The van der Waals surface area contributed by atoms with Gasteiger partial charge in [-0.1, -0.05) is 13.0 Å². The van der Waals surface area contributed by atoms with Gasteiger partial charge < -0.3 is 16.0 Å². The van der Waals surface area contributed by atoms with Crippen molar-refractivity contribution in [1.29, 1.82) is 0 Å². The van der Waals surface area contributed by atoms with E-state index in [1.807, 2.05) is 18.3 Å². The van der Waals surface area contributed by atoms with E-state index in [0.29, 0.717) is 18.1 Å². The molecule has 3 heterocycles. The Bertz CT molecular complexity index is 1150. The first-order valence-electron chi connectivity index (χ1n) is 9.24. The summed E-state index contributed by atoms with van der Waals surface area (Å²) in [6, 6.07) is 10.2. The second-order valence-electron chi connectivity index (χ2n) is 7.27. The largest absolute Gasteiger partial charge is 0.368 e. The molecule has 5 rings (SSSR count). The maximum Gasteiger partial charge on any atom is 0.221 e. The number of hydrogen-bond donors (Lipinski definition) is 4. The highest BCUT2D eigenvalue weighted by molar-refractivity contribution is 5.80. The maximum absolute atomic E-state index is 13.3. The summed E-state index contributed by atoms with van der Waals surface area (Å²) in [5, 5.41) is 11.5. The molecule has 142 valence electrons. The Hall–Kier alpha value is -3.42. The fourth-order valence-corrected chi connectivity index (χ4v) is 3.54. The second kappa shape index (κ2) is 6.33. The maximum atomic E-state index is 13.3. The van der Waals surface area contributed by atoms with E-state index in [1.54, 1.807) is 6.20 Å². The van der Waals surface area contributed by atoms with E-state index in [2.05, 4.69) is 55.6 Å². The molecule has 3 atom stereocenters. The highest BCUT2D eigenvalue weighted by Gasteiger charge is 2.40. The molecule has 7 nitrogen and oxygen atoms in total. The molecule has 0 spiro atoms. The molecule has 0 amide bonds. The van der Waals surface area contributed by atoms with Gasteiger partial charge in [0.05, 0.1) is 0 Å². The molecule has 3 aromatic heterocycles. The van der Waals surface area contributed by atoms with Crippen molar-refractivity contribution in [2.45, 2.75) is 31.4 Å². The number of nitrogen functional groups attached to an aromatic ring is 1. The Morgan fingerprint density at radius 1 is 1.29 bits per heavy atom. The molecule has 1 aromatic carbocycles. The number of benzene rings is 1. The summed E-state index contributed by atoms with van der Waals surface area (Å²) >= 11 is 0. The second-order valence-corrected chi connectivity index (χ2v) is 7.27. The van der Waals surface area contributed by atoms with E-state index in [9.17, 15) is 4.39 Å². The van der Waals surface area contributed by atoms with Crippen molar-refractivity contribution in [3.8, 4) is 0 Å². The normalized spacial score (nSPS) is 19.6. The van der Waals surface area contributed by atoms with Crippen LogP contribution in [0.4, 0.5) is 22.0 Å². The van der Waals surface area contributed by atoms with Crippen molar-refractivity contribution in [3.63, 3.8) is 0 Å². The number of nitrogens with one attached hydrogen (secondary N) is 3. The van der Waals surface area contributed by atoms with Crippen LogP contribution in [0.5, 0.6) is 0 Å². The van der Waals surface area contributed by atoms with Crippen molar-refractivity contribution >= 4 is 28.5 Å². The van der Waals surface area contributed by atoms with Gasteiger partial charge in [0.25, 0.3) is 0 Å². The monoisotopic (exact) mass is 377 g/mol. The Morgan fingerprint density at radius 2 is 2.14 bits per heavy atom. The molecule has 1 aliphatic carbocycles. The van der Waals surface area contributed by atoms with E-state index in [0.717, 1.165) is 27.7 Å². The van der Waals surface area contributed by atoms with E-state index >= 15 is 0 Å². The molecule has 28 heavy (non-hydrogen) atoms. The van der Waals surface area contributed by atoms with E-state index in [4.69, 9.17) is 5.73 Å². The number of rotatable bonds is 5. The van der Waals surface area contributed by atoms with Crippen molar-refractivity contribution in [1.82, 2.24) is 25.1 Å². The van der Waals surface area contributed by atoms with Gasteiger partial charge in [-0.2, -0.15) is 10.1 Å². The van der Waals surface area contributed by atoms with Crippen molar-refractivity contribution in [2.75, 3.05) is 11.1 Å². The predicted molar refractivity (Wildman–Crippen MR) is 106 cm³/mol. The zero-order valence-electron chi connectivity index (χ0n) is 15.3. The number of H-pyrrole nitrogens is 2. The first-order chi connectivity index (χ1) is 13.6. The number of nitrogens with zero attached hydrogens (tertiary/aromatic N) is 3. The van der Waals surface area contributed by atoms with Crippen LogP contribution in [0.1, 0.15) is 42.0 Å². The molecule has 1 fully saturated rings. The lowest BCUT2D eigenvalue weighted by Gasteiger charge is -2.16. The summed E-state index contributed by atoms with van der Waals surface area (Å²) in [4.78, 5) is 11.8. The van der Waals surface area contributed by atoms with Crippen LogP contribution in [-0.2, 0) is 0 Å². The van der Waals surface area contributed by atoms with Gasteiger partial charge in [0.15, 0.2) is 5.82 Å². The SMILES string of the molecule is CC(c1ccc2[nH]ccc2c1)c1cnc(N)nc1Nc1cc([C@@H]2C[C@@H]2F)[nH]n1. The average Bonchev–Trinajstić information content (AvgIpc) is 3.09. The number of nitrogens with two attached hydrogens (primary N) is 1. The molecule has 4 aromatic rings. The summed E-state index contributed by atoms with van der Waals surface area (Å²) < 4.78 is 13.3. The van der Waals surface area contributed by atoms with Crippen LogP contribution in [0.3, 0.4) is 0 Å². The van der Waals surface area contributed by atoms with Crippen molar-refractivity contribution in [3.05, 3.63) is 59.5 Å². The molecular formula is C20H20FN7. The van der Waals surface area contributed by atoms with Crippen LogP contribution in [0.15, 0.2) is 42.7 Å². The molecule has 1 saturated carbocycles.